The van der Waals surface area contributed by atoms with Crippen LogP contribution in [0.2, 0.25) is 0 Å². The first-order valence-electron chi connectivity index (χ1n) is 7.88. The molecule has 2 nitrogen and oxygen atoms in total. The van der Waals surface area contributed by atoms with Gasteiger partial charge in [0.25, 0.3) is 0 Å². The van der Waals surface area contributed by atoms with Gasteiger partial charge in [0.15, 0.2) is 0 Å². The van der Waals surface area contributed by atoms with Gasteiger partial charge in [-0.2, -0.15) is 0 Å². The Morgan fingerprint density at radius 2 is 2.15 bits per heavy atom. The topological polar surface area (TPSA) is 21.3 Å². The van der Waals surface area contributed by atoms with Crippen molar-refractivity contribution in [1.82, 2.24) is 5.32 Å². The highest BCUT2D eigenvalue weighted by Crippen LogP contribution is 2.30. The van der Waals surface area contributed by atoms with Crippen LogP contribution in [0.4, 0.5) is 4.39 Å². The van der Waals surface area contributed by atoms with Crippen LogP contribution in [0.3, 0.4) is 0 Å². The van der Waals surface area contributed by atoms with Crippen molar-refractivity contribution in [2.75, 3.05) is 19.7 Å². The van der Waals surface area contributed by atoms with Crippen LogP contribution < -0.4 is 5.32 Å². The van der Waals surface area contributed by atoms with E-state index in [1.165, 1.54) is 25.3 Å². The largest absolute Gasteiger partial charge is 0.372 e. The summed E-state index contributed by atoms with van der Waals surface area (Å²) in [4.78, 5) is 0. The molecule has 0 radical (unpaired) electrons. The second-order valence-corrected chi connectivity index (χ2v) is 5.67. The maximum Gasteiger partial charge on any atom is 0.129 e. The first kappa shape index (κ1) is 15.5. The van der Waals surface area contributed by atoms with E-state index < -0.39 is 0 Å². The molecule has 112 valence electrons. The van der Waals surface area contributed by atoms with E-state index >= 15 is 0 Å². The van der Waals surface area contributed by atoms with Crippen molar-refractivity contribution in [3.05, 3.63) is 35.6 Å². The van der Waals surface area contributed by atoms with Crippen LogP contribution in [-0.2, 0) is 4.74 Å². The van der Waals surface area contributed by atoms with Gasteiger partial charge in [-0.25, -0.2) is 4.39 Å². The van der Waals surface area contributed by atoms with E-state index in [4.69, 9.17) is 4.74 Å². The maximum atomic E-state index is 13.9. The van der Waals surface area contributed by atoms with E-state index in [-0.39, 0.29) is 11.9 Å². The van der Waals surface area contributed by atoms with Crippen LogP contribution in [0.25, 0.3) is 0 Å². The summed E-state index contributed by atoms with van der Waals surface area (Å²) in [5, 5.41) is 3.34. The van der Waals surface area contributed by atoms with E-state index in [0.717, 1.165) is 31.9 Å². The Morgan fingerprint density at radius 3 is 2.80 bits per heavy atom. The Bertz CT molecular complexity index is 392. The number of rotatable bonds is 9. The van der Waals surface area contributed by atoms with Crippen LogP contribution in [0.1, 0.15) is 50.7 Å². The van der Waals surface area contributed by atoms with Crippen molar-refractivity contribution in [2.45, 2.75) is 45.1 Å². The quantitative estimate of drug-likeness (QED) is 0.688. The molecule has 1 aromatic carbocycles. The second-order valence-electron chi connectivity index (χ2n) is 5.67. The SMILES string of the molecule is CCCNCC(OCCC1CCC1)c1ccccc1F. The highest BCUT2D eigenvalue weighted by Gasteiger charge is 2.19. The molecule has 0 heterocycles. The number of nitrogens with one attached hydrogen (secondary N) is 1. The third-order valence-corrected chi connectivity index (χ3v) is 4.08. The average molecular weight is 279 g/mol. The van der Waals surface area contributed by atoms with Gasteiger partial charge in [-0.3, -0.25) is 0 Å². The minimum atomic E-state index is -0.178. The van der Waals surface area contributed by atoms with Crippen molar-refractivity contribution in [3.63, 3.8) is 0 Å². The van der Waals surface area contributed by atoms with E-state index in [1.807, 2.05) is 12.1 Å². The summed E-state index contributed by atoms with van der Waals surface area (Å²) in [7, 11) is 0. The number of benzene rings is 1. The zero-order valence-corrected chi connectivity index (χ0v) is 12.4. The molecule has 20 heavy (non-hydrogen) atoms. The van der Waals surface area contributed by atoms with Crippen molar-refractivity contribution in [1.29, 1.82) is 0 Å². The molecule has 0 saturated heterocycles. The Kier molecular flexibility index (Phi) is 6.48. The number of ether oxygens (including phenoxy) is 1. The Hall–Kier alpha value is -0.930. The molecule has 0 spiro atoms. The highest BCUT2D eigenvalue weighted by molar-refractivity contribution is 5.20. The fraction of sp³-hybridized carbons (Fsp3) is 0.647. The molecule has 1 aliphatic rings. The van der Waals surface area contributed by atoms with E-state index in [0.29, 0.717) is 12.1 Å². The minimum absolute atomic E-state index is 0.167. The van der Waals surface area contributed by atoms with E-state index in [1.54, 1.807) is 6.07 Å². The molecule has 1 N–H and O–H groups in total. The van der Waals surface area contributed by atoms with Crippen LogP contribution in [0, 0.1) is 11.7 Å². The molecule has 1 aromatic rings. The van der Waals surface area contributed by atoms with Crippen molar-refractivity contribution in [3.8, 4) is 0 Å². The molecular formula is C17H26FNO. The molecule has 1 atom stereocenters. The first-order chi connectivity index (χ1) is 9.81. The first-order valence-corrected chi connectivity index (χ1v) is 7.88. The summed E-state index contributed by atoms with van der Waals surface area (Å²) in [5.41, 5.74) is 0.671. The van der Waals surface area contributed by atoms with Crippen molar-refractivity contribution >= 4 is 0 Å². The fourth-order valence-electron chi connectivity index (χ4n) is 2.56. The number of halogens is 1. The van der Waals surface area contributed by atoms with Crippen LogP contribution >= 0.6 is 0 Å². The van der Waals surface area contributed by atoms with Gasteiger partial charge in [0.2, 0.25) is 0 Å². The zero-order chi connectivity index (χ0) is 14.2. The molecule has 3 heteroatoms. The van der Waals surface area contributed by atoms with Gasteiger partial charge in [-0.05, 0) is 31.4 Å². The molecular weight excluding hydrogens is 253 g/mol. The normalized spacial score (nSPS) is 16.9. The summed E-state index contributed by atoms with van der Waals surface area (Å²) in [6.07, 6.45) is 6.04. The molecule has 1 unspecified atom stereocenters. The third-order valence-electron chi connectivity index (χ3n) is 4.08. The zero-order valence-electron chi connectivity index (χ0n) is 12.4. The molecule has 2 rings (SSSR count). The fourth-order valence-corrected chi connectivity index (χ4v) is 2.56. The lowest BCUT2D eigenvalue weighted by Crippen LogP contribution is -2.25. The van der Waals surface area contributed by atoms with Crippen LogP contribution in [0.15, 0.2) is 24.3 Å². The second kappa shape index (κ2) is 8.38. The van der Waals surface area contributed by atoms with Gasteiger partial charge in [0.1, 0.15) is 5.82 Å². The molecule has 0 bridgehead atoms. The number of hydrogen-bond donors (Lipinski definition) is 1. The van der Waals surface area contributed by atoms with Gasteiger partial charge in [0.05, 0.1) is 6.10 Å². The lowest BCUT2D eigenvalue weighted by atomic mass is 9.83. The number of hydrogen-bond acceptors (Lipinski definition) is 2. The lowest BCUT2D eigenvalue weighted by Gasteiger charge is -2.26. The van der Waals surface area contributed by atoms with Gasteiger partial charge in [-0.1, -0.05) is 44.4 Å². The average Bonchev–Trinajstić information content (AvgIpc) is 2.40. The molecule has 1 fully saturated rings. The van der Waals surface area contributed by atoms with Gasteiger partial charge < -0.3 is 10.1 Å². The Morgan fingerprint density at radius 1 is 1.35 bits per heavy atom. The summed E-state index contributed by atoms with van der Waals surface area (Å²) in [5.74, 6) is 0.666. The maximum absolute atomic E-state index is 13.9. The summed E-state index contributed by atoms with van der Waals surface area (Å²) < 4.78 is 19.9. The predicted octanol–water partition coefficient (Wildman–Crippen LogP) is 4.07. The molecule has 0 amide bonds. The third kappa shape index (κ3) is 4.57. The van der Waals surface area contributed by atoms with Crippen molar-refractivity contribution in [2.24, 2.45) is 5.92 Å². The summed E-state index contributed by atoms with van der Waals surface area (Å²) in [6, 6.07) is 6.94. The minimum Gasteiger partial charge on any atom is -0.372 e. The van der Waals surface area contributed by atoms with E-state index in [2.05, 4.69) is 12.2 Å². The van der Waals surface area contributed by atoms with Gasteiger partial charge >= 0.3 is 0 Å². The van der Waals surface area contributed by atoms with E-state index in [9.17, 15) is 4.39 Å². The molecule has 0 aliphatic heterocycles. The predicted molar refractivity (Wildman–Crippen MR) is 80.2 cm³/mol. The van der Waals surface area contributed by atoms with Gasteiger partial charge in [0, 0.05) is 18.7 Å². The van der Waals surface area contributed by atoms with Crippen LogP contribution in [0.5, 0.6) is 0 Å². The van der Waals surface area contributed by atoms with Gasteiger partial charge in [-0.15, -0.1) is 0 Å². The highest BCUT2D eigenvalue weighted by atomic mass is 19.1. The molecule has 1 aliphatic carbocycles. The lowest BCUT2D eigenvalue weighted by molar-refractivity contribution is 0.0352. The summed E-state index contributed by atoms with van der Waals surface area (Å²) in [6.45, 7) is 4.48. The Balaban J connectivity index is 1.87. The standard InChI is InChI=1S/C17H26FNO/c1-2-11-19-13-17(15-8-3-4-9-16(15)18)20-12-10-14-6-5-7-14/h3-4,8-9,14,17,19H,2,5-7,10-13H2,1H3. The summed E-state index contributed by atoms with van der Waals surface area (Å²) >= 11 is 0. The smallest absolute Gasteiger partial charge is 0.129 e. The molecule has 0 aromatic heterocycles. The van der Waals surface area contributed by atoms with Crippen LogP contribution in [-0.4, -0.2) is 19.7 Å². The molecule has 1 saturated carbocycles. The Labute approximate surface area is 121 Å². The van der Waals surface area contributed by atoms with Crippen molar-refractivity contribution < 1.29 is 9.13 Å². The monoisotopic (exact) mass is 279 g/mol.